The van der Waals surface area contributed by atoms with Crippen molar-refractivity contribution >= 4 is 21.8 Å². The summed E-state index contributed by atoms with van der Waals surface area (Å²) in [7, 11) is 1.87. The van der Waals surface area contributed by atoms with Crippen molar-refractivity contribution in [3.05, 3.63) is 53.2 Å². The summed E-state index contributed by atoms with van der Waals surface area (Å²) in [4.78, 5) is 22.8. The number of pyridine rings is 1. The molecule has 22 heavy (non-hydrogen) atoms. The average Bonchev–Trinajstić information content (AvgIpc) is 2.88. The van der Waals surface area contributed by atoms with Crippen LogP contribution in [0.25, 0.3) is 21.8 Å². The van der Waals surface area contributed by atoms with Crippen molar-refractivity contribution in [2.75, 3.05) is 0 Å². The number of aromatic nitrogens is 5. The molecule has 7 heteroatoms. The van der Waals surface area contributed by atoms with Gasteiger partial charge in [-0.1, -0.05) is 0 Å². The van der Waals surface area contributed by atoms with Crippen molar-refractivity contribution in [2.24, 2.45) is 7.05 Å². The van der Waals surface area contributed by atoms with Crippen LogP contribution in [-0.2, 0) is 7.05 Å². The van der Waals surface area contributed by atoms with Gasteiger partial charge in [0.2, 0.25) is 0 Å². The minimum Gasteiger partial charge on any atom is -0.426 e. The Morgan fingerprint density at radius 2 is 2.14 bits per heavy atom. The number of rotatable bonds is 2. The van der Waals surface area contributed by atoms with E-state index in [1.54, 1.807) is 29.2 Å². The van der Waals surface area contributed by atoms with E-state index in [2.05, 4.69) is 20.1 Å². The molecule has 108 valence electrons. The third-order valence-corrected chi connectivity index (χ3v) is 3.42. The third kappa shape index (κ3) is 1.99. The molecule has 0 aliphatic rings. The van der Waals surface area contributed by atoms with E-state index in [4.69, 9.17) is 4.74 Å². The highest BCUT2D eigenvalue weighted by Crippen LogP contribution is 2.23. The number of nitrogens with zero attached hydrogens (tertiary/aromatic N) is 4. The van der Waals surface area contributed by atoms with Gasteiger partial charge < -0.3 is 4.74 Å². The van der Waals surface area contributed by atoms with E-state index in [0.29, 0.717) is 16.7 Å². The van der Waals surface area contributed by atoms with Crippen LogP contribution in [0.5, 0.6) is 11.8 Å². The van der Waals surface area contributed by atoms with Crippen molar-refractivity contribution < 1.29 is 4.74 Å². The molecule has 0 aliphatic heterocycles. The second-order valence-corrected chi connectivity index (χ2v) is 4.85. The quantitative estimate of drug-likeness (QED) is 0.611. The zero-order valence-electron chi connectivity index (χ0n) is 11.6. The lowest BCUT2D eigenvalue weighted by atomic mass is 10.2. The number of hydrogen-bond acceptors (Lipinski definition) is 5. The molecule has 0 fully saturated rings. The van der Waals surface area contributed by atoms with E-state index in [1.165, 1.54) is 6.20 Å². The summed E-state index contributed by atoms with van der Waals surface area (Å²) in [5, 5.41) is 5.60. The van der Waals surface area contributed by atoms with Gasteiger partial charge in [-0.2, -0.15) is 10.1 Å². The summed E-state index contributed by atoms with van der Waals surface area (Å²) in [5.41, 5.74) is 1.23. The molecular formula is C15H11N5O2. The molecule has 0 aliphatic carbocycles. The molecule has 0 saturated carbocycles. The predicted molar refractivity (Wildman–Crippen MR) is 80.9 cm³/mol. The summed E-state index contributed by atoms with van der Waals surface area (Å²) < 4.78 is 7.43. The molecular weight excluding hydrogens is 282 g/mol. The number of aryl methyl sites for hydroxylation is 1. The van der Waals surface area contributed by atoms with Gasteiger partial charge in [0.15, 0.2) is 0 Å². The summed E-state index contributed by atoms with van der Waals surface area (Å²) >= 11 is 0. The molecule has 1 aromatic carbocycles. The average molecular weight is 293 g/mol. The van der Waals surface area contributed by atoms with Crippen molar-refractivity contribution in [2.45, 2.75) is 0 Å². The topological polar surface area (TPSA) is 85.7 Å². The molecule has 7 nitrogen and oxygen atoms in total. The zero-order chi connectivity index (χ0) is 15.1. The van der Waals surface area contributed by atoms with Gasteiger partial charge in [-0.15, -0.1) is 0 Å². The van der Waals surface area contributed by atoms with Gasteiger partial charge in [-0.3, -0.25) is 19.4 Å². The second-order valence-electron chi connectivity index (χ2n) is 4.85. The minimum absolute atomic E-state index is 0.133. The monoisotopic (exact) mass is 293 g/mol. The standard InChI is InChI=1S/C15H11N5O2/c1-20-13-3-2-10(6-9(13)7-17-20)22-15-18-12-8-16-5-4-11(12)14(21)19-15/h2-8H,1H3,(H,18,19,21). The maximum Gasteiger partial charge on any atom is 0.302 e. The van der Waals surface area contributed by atoms with E-state index >= 15 is 0 Å². The van der Waals surface area contributed by atoms with E-state index in [0.717, 1.165) is 10.9 Å². The predicted octanol–water partition coefficient (Wildman–Crippen LogP) is 2.00. The van der Waals surface area contributed by atoms with Crippen LogP contribution in [0.1, 0.15) is 0 Å². The first-order chi connectivity index (χ1) is 10.7. The number of H-pyrrole nitrogens is 1. The maximum atomic E-state index is 12.0. The third-order valence-electron chi connectivity index (χ3n) is 3.42. The second kappa shape index (κ2) is 4.66. The Hall–Kier alpha value is -3.22. The van der Waals surface area contributed by atoms with Crippen LogP contribution < -0.4 is 10.3 Å². The lowest BCUT2D eigenvalue weighted by molar-refractivity contribution is 0.443. The Kier molecular flexibility index (Phi) is 2.65. The first kappa shape index (κ1) is 12.5. The van der Waals surface area contributed by atoms with E-state index in [9.17, 15) is 4.79 Å². The molecule has 0 radical (unpaired) electrons. The smallest absolute Gasteiger partial charge is 0.302 e. The fourth-order valence-corrected chi connectivity index (χ4v) is 2.33. The van der Waals surface area contributed by atoms with Crippen LogP contribution in [0.15, 0.2) is 47.7 Å². The van der Waals surface area contributed by atoms with Crippen molar-refractivity contribution in [3.63, 3.8) is 0 Å². The Bertz CT molecular complexity index is 1050. The Balaban J connectivity index is 1.76. The van der Waals surface area contributed by atoms with Crippen LogP contribution in [0.2, 0.25) is 0 Å². The van der Waals surface area contributed by atoms with Gasteiger partial charge >= 0.3 is 6.01 Å². The number of fused-ring (bicyclic) bond motifs is 2. The first-order valence-electron chi connectivity index (χ1n) is 6.64. The summed E-state index contributed by atoms with van der Waals surface area (Å²) in [5.74, 6) is 0.576. The molecule has 1 N–H and O–H groups in total. The first-order valence-corrected chi connectivity index (χ1v) is 6.64. The van der Waals surface area contributed by atoms with Crippen molar-refractivity contribution in [3.8, 4) is 11.8 Å². The Morgan fingerprint density at radius 3 is 3.05 bits per heavy atom. The van der Waals surface area contributed by atoms with Crippen LogP contribution >= 0.6 is 0 Å². The number of aromatic amines is 1. The fraction of sp³-hybridized carbons (Fsp3) is 0.0667. The van der Waals surface area contributed by atoms with Gasteiger partial charge in [-0.05, 0) is 24.3 Å². The summed E-state index contributed by atoms with van der Waals surface area (Å²) in [6, 6.07) is 7.30. The highest BCUT2D eigenvalue weighted by molar-refractivity contribution is 5.80. The largest absolute Gasteiger partial charge is 0.426 e. The molecule has 3 aromatic heterocycles. The van der Waals surface area contributed by atoms with E-state index in [1.807, 2.05) is 19.2 Å². The summed E-state index contributed by atoms with van der Waals surface area (Å²) in [6.45, 7) is 0. The Morgan fingerprint density at radius 1 is 1.23 bits per heavy atom. The maximum absolute atomic E-state index is 12.0. The summed E-state index contributed by atoms with van der Waals surface area (Å²) in [6.07, 6.45) is 4.83. The van der Waals surface area contributed by atoms with Crippen LogP contribution in [0.3, 0.4) is 0 Å². The van der Waals surface area contributed by atoms with E-state index < -0.39 is 0 Å². The molecule has 3 heterocycles. The molecule has 4 rings (SSSR count). The SMILES string of the molecule is Cn1ncc2cc(Oc3nc4cnccc4c(=O)[nH]3)ccc21. The van der Waals surface area contributed by atoms with Crippen LogP contribution in [-0.4, -0.2) is 24.7 Å². The molecule has 0 bridgehead atoms. The normalized spacial score (nSPS) is 11.1. The molecule has 0 saturated heterocycles. The Labute approximate surface area is 124 Å². The van der Waals surface area contributed by atoms with Gasteiger partial charge in [-0.25, -0.2) is 0 Å². The highest BCUT2D eigenvalue weighted by Gasteiger charge is 2.07. The lowest BCUT2D eigenvalue weighted by Crippen LogP contribution is -2.09. The van der Waals surface area contributed by atoms with Crippen molar-refractivity contribution in [1.29, 1.82) is 0 Å². The molecule has 0 atom stereocenters. The molecule has 0 spiro atoms. The van der Waals surface area contributed by atoms with Gasteiger partial charge in [0, 0.05) is 18.6 Å². The van der Waals surface area contributed by atoms with Gasteiger partial charge in [0.1, 0.15) is 5.75 Å². The zero-order valence-corrected chi connectivity index (χ0v) is 11.6. The van der Waals surface area contributed by atoms with Crippen LogP contribution in [0.4, 0.5) is 0 Å². The number of ether oxygens (including phenoxy) is 1. The molecule has 0 unspecified atom stereocenters. The van der Waals surface area contributed by atoms with Gasteiger partial charge in [0.25, 0.3) is 5.56 Å². The molecule has 4 aromatic rings. The lowest BCUT2D eigenvalue weighted by Gasteiger charge is -2.05. The van der Waals surface area contributed by atoms with Crippen molar-refractivity contribution in [1.82, 2.24) is 24.7 Å². The minimum atomic E-state index is -0.259. The fourth-order valence-electron chi connectivity index (χ4n) is 2.33. The number of benzene rings is 1. The molecule has 0 amide bonds. The number of nitrogens with one attached hydrogen (secondary N) is 1. The van der Waals surface area contributed by atoms with Crippen LogP contribution in [0, 0.1) is 0 Å². The van der Waals surface area contributed by atoms with Gasteiger partial charge in [0.05, 0.1) is 28.8 Å². The number of hydrogen-bond donors (Lipinski definition) is 1. The highest BCUT2D eigenvalue weighted by atomic mass is 16.5. The van der Waals surface area contributed by atoms with E-state index in [-0.39, 0.29) is 11.6 Å².